The number of benzene rings is 2. The second-order valence-electron chi connectivity index (χ2n) is 5.79. The zero-order valence-corrected chi connectivity index (χ0v) is 12.8. The van der Waals surface area contributed by atoms with Gasteiger partial charge in [0.25, 0.3) is 0 Å². The molecule has 106 valence electrons. The monoisotopic (exact) mass is 267 g/mol. The van der Waals surface area contributed by atoms with Gasteiger partial charge in [-0.1, -0.05) is 68.8 Å². The molecular formula is C19H25N. The molecule has 1 N–H and O–H groups in total. The first kappa shape index (κ1) is 14.8. The van der Waals surface area contributed by atoms with Crippen LogP contribution in [0.1, 0.15) is 32.8 Å². The van der Waals surface area contributed by atoms with Gasteiger partial charge in [0, 0.05) is 6.54 Å². The Morgan fingerprint density at radius 2 is 1.85 bits per heavy atom. The Balaban J connectivity index is 2.12. The molecule has 0 aromatic heterocycles. The van der Waals surface area contributed by atoms with Gasteiger partial charge in [-0.15, -0.1) is 0 Å². The molecule has 0 amide bonds. The van der Waals surface area contributed by atoms with Crippen LogP contribution in [0.5, 0.6) is 0 Å². The van der Waals surface area contributed by atoms with Crippen LogP contribution < -0.4 is 5.32 Å². The van der Waals surface area contributed by atoms with Crippen LogP contribution in [-0.2, 0) is 0 Å². The first-order chi connectivity index (χ1) is 9.69. The summed E-state index contributed by atoms with van der Waals surface area (Å²) in [5.41, 5.74) is 2.76. The molecule has 0 saturated heterocycles. The zero-order chi connectivity index (χ0) is 14.4. The third-order valence-corrected chi connectivity index (χ3v) is 3.50. The van der Waals surface area contributed by atoms with Gasteiger partial charge >= 0.3 is 0 Å². The van der Waals surface area contributed by atoms with E-state index >= 15 is 0 Å². The molecule has 0 aliphatic rings. The Bertz CT molecular complexity index is 581. The topological polar surface area (TPSA) is 12.0 Å². The molecule has 0 spiro atoms. The van der Waals surface area contributed by atoms with Gasteiger partial charge in [-0.3, -0.25) is 0 Å². The van der Waals surface area contributed by atoms with E-state index in [-0.39, 0.29) is 0 Å². The van der Waals surface area contributed by atoms with Gasteiger partial charge in [0.1, 0.15) is 0 Å². The SMILES string of the molecule is CCC(=Cc1ccc2ccccc2c1)CNCC(C)C. The fraction of sp³-hybridized carbons (Fsp3) is 0.368. The van der Waals surface area contributed by atoms with Gasteiger partial charge < -0.3 is 5.32 Å². The lowest BCUT2D eigenvalue weighted by atomic mass is 10.0. The van der Waals surface area contributed by atoms with E-state index in [1.165, 1.54) is 21.9 Å². The standard InChI is InChI=1S/C19H25N/c1-4-16(14-20-13-15(2)3)11-17-9-10-18-7-5-6-8-19(18)12-17/h5-12,15,20H,4,13-14H2,1-3H3. The summed E-state index contributed by atoms with van der Waals surface area (Å²) in [5, 5.41) is 6.14. The van der Waals surface area contributed by atoms with Crippen molar-refractivity contribution in [3.8, 4) is 0 Å². The Kier molecular flexibility index (Phi) is 5.37. The van der Waals surface area contributed by atoms with Crippen molar-refractivity contribution in [1.82, 2.24) is 5.32 Å². The highest BCUT2D eigenvalue weighted by atomic mass is 14.9. The number of rotatable bonds is 6. The first-order valence-electron chi connectivity index (χ1n) is 7.58. The maximum atomic E-state index is 3.52. The summed E-state index contributed by atoms with van der Waals surface area (Å²) in [7, 11) is 0. The van der Waals surface area contributed by atoms with Crippen LogP contribution in [0.2, 0.25) is 0 Å². The molecule has 1 nitrogen and oxygen atoms in total. The Morgan fingerprint density at radius 1 is 1.10 bits per heavy atom. The van der Waals surface area contributed by atoms with Crippen LogP contribution in [-0.4, -0.2) is 13.1 Å². The quantitative estimate of drug-likeness (QED) is 0.786. The first-order valence-corrected chi connectivity index (χ1v) is 7.58. The molecule has 20 heavy (non-hydrogen) atoms. The third kappa shape index (κ3) is 4.21. The van der Waals surface area contributed by atoms with Gasteiger partial charge in [-0.2, -0.15) is 0 Å². The lowest BCUT2D eigenvalue weighted by Crippen LogP contribution is -2.21. The maximum absolute atomic E-state index is 3.52. The van der Waals surface area contributed by atoms with Gasteiger partial charge in [-0.25, -0.2) is 0 Å². The maximum Gasteiger partial charge on any atom is 0.0167 e. The molecule has 1 heteroatoms. The minimum absolute atomic E-state index is 0.703. The van der Waals surface area contributed by atoms with Crippen LogP contribution in [0.3, 0.4) is 0 Å². The molecule has 0 radical (unpaired) electrons. The van der Waals surface area contributed by atoms with Crippen LogP contribution in [0.25, 0.3) is 16.8 Å². The molecule has 2 rings (SSSR count). The molecule has 0 aliphatic heterocycles. The predicted molar refractivity (Wildman–Crippen MR) is 89.9 cm³/mol. The molecular weight excluding hydrogens is 242 g/mol. The Labute approximate surface area is 122 Å². The molecule has 0 bridgehead atoms. The summed E-state index contributed by atoms with van der Waals surface area (Å²) in [5.74, 6) is 0.703. The number of hydrogen-bond donors (Lipinski definition) is 1. The molecule has 0 saturated carbocycles. The average Bonchev–Trinajstić information content (AvgIpc) is 2.45. The van der Waals surface area contributed by atoms with E-state index in [2.05, 4.69) is 74.6 Å². The summed E-state index contributed by atoms with van der Waals surface area (Å²) < 4.78 is 0. The van der Waals surface area contributed by atoms with Crippen LogP contribution in [0.4, 0.5) is 0 Å². The van der Waals surface area contributed by atoms with E-state index in [0.29, 0.717) is 5.92 Å². The molecule has 0 aliphatic carbocycles. The van der Waals surface area contributed by atoms with Crippen LogP contribution in [0.15, 0.2) is 48.0 Å². The summed E-state index contributed by atoms with van der Waals surface area (Å²) in [4.78, 5) is 0. The second-order valence-corrected chi connectivity index (χ2v) is 5.79. The van der Waals surface area contributed by atoms with Crippen molar-refractivity contribution >= 4 is 16.8 Å². The number of hydrogen-bond acceptors (Lipinski definition) is 1. The minimum atomic E-state index is 0.703. The van der Waals surface area contributed by atoms with Crippen molar-refractivity contribution in [2.45, 2.75) is 27.2 Å². The van der Waals surface area contributed by atoms with Crippen molar-refractivity contribution in [2.24, 2.45) is 5.92 Å². The molecule has 0 fully saturated rings. The van der Waals surface area contributed by atoms with Gasteiger partial charge in [0.2, 0.25) is 0 Å². The smallest absolute Gasteiger partial charge is 0.0167 e. The third-order valence-electron chi connectivity index (χ3n) is 3.50. The van der Waals surface area contributed by atoms with Gasteiger partial charge in [0.15, 0.2) is 0 Å². The molecule has 2 aromatic rings. The fourth-order valence-corrected chi connectivity index (χ4v) is 2.33. The lowest BCUT2D eigenvalue weighted by molar-refractivity contribution is 0.569. The molecule has 0 heterocycles. The molecule has 0 atom stereocenters. The van der Waals surface area contributed by atoms with Crippen molar-refractivity contribution in [1.29, 1.82) is 0 Å². The Morgan fingerprint density at radius 3 is 2.55 bits per heavy atom. The van der Waals surface area contributed by atoms with Crippen molar-refractivity contribution in [3.05, 3.63) is 53.6 Å². The lowest BCUT2D eigenvalue weighted by Gasteiger charge is -2.10. The molecule has 0 unspecified atom stereocenters. The zero-order valence-electron chi connectivity index (χ0n) is 12.8. The number of nitrogens with one attached hydrogen (secondary N) is 1. The number of fused-ring (bicyclic) bond motifs is 1. The van der Waals surface area contributed by atoms with Crippen molar-refractivity contribution in [2.75, 3.05) is 13.1 Å². The van der Waals surface area contributed by atoms with Crippen LogP contribution in [0, 0.1) is 5.92 Å². The average molecular weight is 267 g/mol. The van der Waals surface area contributed by atoms with Gasteiger partial charge in [0.05, 0.1) is 0 Å². The highest BCUT2D eigenvalue weighted by Gasteiger charge is 1.99. The Hall–Kier alpha value is -1.60. The van der Waals surface area contributed by atoms with Crippen LogP contribution >= 0.6 is 0 Å². The van der Waals surface area contributed by atoms with Crippen molar-refractivity contribution in [3.63, 3.8) is 0 Å². The second kappa shape index (κ2) is 7.25. The van der Waals surface area contributed by atoms with E-state index in [4.69, 9.17) is 0 Å². The van der Waals surface area contributed by atoms with E-state index in [9.17, 15) is 0 Å². The van der Waals surface area contributed by atoms with E-state index in [0.717, 1.165) is 19.5 Å². The van der Waals surface area contributed by atoms with E-state index < -0.39 is 0 Å². The van der Waals surface area contributed by atoms with Gasteiger partial charge in [-0.05, 0) is 41.3 Å². The predicted octanol–water partition coefficient (Wildman–Crippen LogP) is 4.88. The summed E-state index contributed by atoms with van der Waals surface area (Å²) >= 11 is 0. The van der Waals surface area contributed by atoms with E-state index in [1.807, 2.05) is 0 Å². The summed E-state index contributed by atoms with van der Waals surface area (Å²) in [6, 6.07) is 15.2. The summed E-state index contributed by atoms with van der Waals surface area (Å²) in [6.07, 6.45) is 3.41. The normalized spacial score (nSPS) is 12.3. The highest BCUT2D eigenvalue weighted by Crippen LogP contribution is 2.18. The van der Waals surface area contributed by atoms with E-state index in [1.54, 1.807) is 0 Å². The summed E-state index contributed by atoms with van der Waals surface area (Å²) in [6.45, 7) is 8.78. The fourth-order valence-electron chi connectivity index (χ4n) is 2.33. The largest absolute Gasteiger partial charge is 0.313 e. The highest BCUT2D eigenvalue weighted by molar-refractivity contribution is 5.84. The minimum Gasteiger partial charge on any atom is -0.313 e. The molecule has 2 aromatic carbocycles. The van der Waals surface area contributed by atoms with Crippen molar-refractivity contribution < 1.29 is 0 Å².